The number of benzene rings is 3. The van der Waals surface area contributed by atoms with Crippen LogP contribution in [-0.2, 0) is 0 Å². The summed E-state index contributed by atoms with van der Waals surface area (Å²) >= 11 is 0. The molecule has 18 heteroatoms. The summed E-state index contributed by atoms with van der Waals surface area (Å²) in [4.78, 5) is 78.3. The maximum absolute atomic E-state index is 13.7. The lowest BCUT2D eigenvalue weighted by atomic mass is 9.81. The van der Waals surface area contributed by atoms with E-state index in [2.05, 4.69) is 10.6 Å². The molecule has 1 aliphatic rings. The predicted octanol–water partition coefficient (Wildman–Crippen LogP) is -0.393. The summed E-state index contributed by atoms with van der Waals surface area (Å²) in [5, 5.41) is 86.9. The van der Waals surface area contributed by atoms with E-state index >= 15 is 0 Å². The highest BCUT2D eigenvalue weighted by Crippen LogP contribution is 2.42. The molecule has 50 heavy (non-hydrogen) atoms. The van der Waals surface area contributed by atoms with Gasteiger partial charge in [-0.1, -0.05) is 0 Å². The molecule has 0 heterocycles. The van der Waals surface area contributed by atoms with E-state index in [1.165, 1.54) is 12.1 Å². The van der Waals surface area contributed by atoms with E-state index in [1.54, 1.807) is 6.92 Å². The van der Waals surface area contributed by atoms with E-state index in [0.29, 0.717) is 23.6 Å². The average Bonchev–Trinajstić information content (AvgIpc) is 3.08. The highest BCUT2D eigenvalue weighted by molar-refractivity contribution is 6.33. The molecule has 3 aromatic rings. The molecule has 2 unspecified atom stereocenters. The molecule has 0 spiro atoms. The lowest BCUT2D eigenvalue weighted by Gasteiger charge is -2.29. The Hall–Kier alpha value is -6.08. The molecule has 1 aliphatic carbocycles. The van der Waals surface area contributed by atoms with Gasteiger partial charge in [0.15, 0.2) is 6.23 Å². The molecule has 2 atom stereocenters. The molecule has 4 rings (SSSR count). The van der Waals surface area contributed by atoms with E-state index in [0.717, 1.165) is 12.1 Å². The SMILES string of the molecule is CCNc1ccc(NCCN(C(=O)c2cc(C(=O)O)c(C(=O)NC(O)CO)cc2C(=O)O)C(O)CO)c2c1C(=O)c1c(O)ccc(O)c1C2=O. The fourth-order valence-electron chi connectivity index (χ4n) is 5.39. The molecule has 11 N–H and O–H groups in total. The number of carbonyl (C=O) groups excluding carboxylic acids is 4. The van der Waals surface area contributed by atoms with Crippen LogP contribution < -0.4 is 16.0 Å². The zero-order valence-electron chi connectivity index (χ0n) is 26.1. The van der Waals surface area contributed by atoms with Gasteiger partial charge in [-0.25, -0.2) is 9.59 Å². The lowest BCUT2D eigenvalue weighted by molar-refractivity contribution is -0.0212. The molecule has 0 bridgehead atoms. The number of ketones is 2. The van der Waals surface area contributed by atoms with Crippen molar-refractivity contribution in [3.05, 3.63) is 80.9 Å². The largest absolute Gasteiger partial charge is 0.507 e. The van der Waals surface area contributed by atoms with Crippen molar-refractivity contribution >= 4 is 46.7 Å². The van der Waals surface area contributed by atoms with Crippen LogP contribution in [0.3, 0.4) is 0 Å². The molecular formula is C32H32N4O14. The van der Waals surface area contributed by atoms with Crippen LogP contribution in [0.1, 0.15) is 80.2 Å². The van der Waals surface area contributed by atoms with Gasteiger partial charge < -0.3 is 61.7 Å². The standard InChI is InChI=1S/C32H32N4O14/c1-2-33-17-3-4-18(24-23(17)27(43)25-19(39)5-6-20(40)26(25)28(24)44)34-7-8-36(22(42)12-38)30(46)14-10-15(31(47)48)13(9-16(14)32(49)50)29(45)35-21(41)11-37/h3-6,9-10,21-22,33-34,37-42H,2,7-8,11-12H2,1H3,(H,35,45)(H,47,48)(H,49,50). The van der Waals surface area contributed by atoms with E-state index in [1.807, 2.05) is 5.32 Å². The second kappa shape index (κ2) is 15.0. The van der Waals surface area contributed by atoms with Crippen LogP contribution in [0, 0.1) is 0 Å². The second-order valence-electron chi connectivity index (χ2n) is 10.8. The van der Waals surface area contributed by atoms with Gasteiger partial charge in [0, 0.05) is 31.0 Å². The minimum atomic E-state index is -1.97. The number of amides is 2. The normalized spacial score (nSPS) is 13.1. The molecule has 0 saturated carbocycles. The average molecular weight is 697 g/mol. The third kappa shape index (κ3) is 6.89. The van der Waals surface area contributed by atoms with E-state index in [4.69, 9.17) is 5.11 Å². The number of aliphatic hydroxyl groups is 4. The maximum Gasteiger partial charge on any atom is 0.336 e. The lowest BCUT2D eigenvalue weighted by Crippen LogP contribution is -2.45. The third-order valence-electron chi connectivity index (χ3n) is 7.66. The molecule has 0 aliphatic heterocycles. The van der Waals surface area contributed by atoms with E-state index < -0.39 is 112 Å². The van der Waals surface area contributed by atoms with Gasteiger partial charge in [0.1, 0.15) is 17.7 Å². The number of nitrogens with zero attached hydrogens (tertiary/aromatic N) is 1. The first kappa shape index (κ1) is 36.8. The number of carboxylic acid groups (broad SMARTS) is 2. The van der Waals surface area contributed by atoms with Crippen molar-refractivity contribution in [1.29, 1.82) is 0 Å². The number of aliphatic hydroxyl groups excluding tert-OH is 4. The van der Waals surface area contributed by atoms with Crippen molar-refractivity contribution < 1.29 is 69.6 Å². The number of aromatic hydroxyl groups is 2. The number of aromatic carboxylic acids is 2. The number of anilines is 2. The number of phenols is 2. The van der Waals surface area contributed by atoms with Crippen LogP contribution in [0.15, 0.2) is 36.4 Å². The third-order valence-corrected chi connectivity index (χ3v) is 7.66. The van der Waals surface area contributed by atoms with Gasteiger partial charge in [-0.3, -0.25) is 19.2 Å². The van der Waals surface area contributed by atoms with Crippen LogP contribution in [0.4, 0.5) is 11.4 Å². The highest BCUT2D eigenvalue weighted by Gasteiger charge is 2.38. The number of carbonyl (C=O) groups is 6. The zero-order valence-corrected chi connectivity index (χ0v) is 26.1. The van der Waals surface area contributed by atoms with Crippen molar-refractivity contribution in [2.24, 2.45) is 0 Å². The summed E-state index contributed by atoms with van der Waals surface area (Å²) in [6, 6.07) is 6.13. The Morgan fingerprint density at radius 3 is 1.70 bits per heavy atom. The van der Waals surface area contributed by atoms with Crippen molar-refractivity contribution in [1.82, 2.24) is 10.2 Å². The number of carboxylic acids is 2. The van der Waals surface area contributed by atoms with Crippen LogP contribution in [0.5, 0.6) is 11.5 Å². The Balaban J connectivity index is 1.71. The Morgan fingerprint density at radius 2 is 1.22 bits per heavy atom. The summed E-state index contributed by atoms with van der Waals surface area (Å²) in [5.74, 6) is -8.83. The summed E-state index contributed by atoms with van der Waals surface area (Å²) in [6.07, 6.45) is -3.80. The van der Waals surface area contributed by atoms with Gasteiger partial charge in [0.2, 0.25) is 11.6 Å². The molecule has 18 nitrogen and oxygen atoms in total. The molecule has 2 amide bonds. The van der Waals surface area contributed by atoms with Crippen LogP contribution in [-0.4, -0.2) is 126 Å². The van der Waals surface area contributed by atoms with Crippen molar-refractivity contribution in [3.63, 3.8) is 0 Å². The van der Waals surface area contributed by atoms with Gasteiger partial charge in [-0.2, -0.15) is 0 Å². The maximum atomic E-state index is 13.7. The Morgan fingerprint density at radius 1 is 0.720 bits per heavy atom. The predicted molar refractivity (Wildman–Crippen MR) is 171 cm³/mol. The number of fused-ring (bicyclic) bond motifs is 2. The minimum absolute atomic E-state index is 0.0269. The molecule has 0 aromatic heterocycles. The fourth-order valence-corrected chi connectivity index (χ4v) is 5.39. The molecule has 0 fully saturated rings. The fraction of sp³-hybridized carbons (Fsp3) is 0.250. The van der Waals surface area contributed by atoms with Gasteiger partial charge in [0.25, 0.3) is 11.8 Å². The Kier molecular flexibility index (Phi) is 11.0. The van der Waals surface area contributed by atoms with E-state index in [-0.39, 0.29) is 29.0 Å². The molecule has 0 radical (unpaired) electrons. The molecule has 0 saturated heterocycles. The highest BCUT2D eigenvalue weighted by atomic mass is 16.4. The summed E-state index contributed by atoms with van der Waals surface area (Å²) in [6.45, 7) is -0.787. The van der Waals surface area contributed by atoms with Gasteiger partial charge in [0.05, 0.1) is 57.7 Å². The van der Waals surface area contributed by atoms with Gasteiger partial charge >= 0.3 is 11.9 Å². The van der Waals surface area contributed by atoms with Crippen LogP contribution >= 0.6 is 0 Å². The van der Waals surface area contributed by atoms with Gasteiger partial charge in [-0.05, 0) is 43.3 Å². The van der Waals surface area contributed by atoms with Crippen LogP contribution in [0.25, 0.3) is 0 Å². The molecule has 264 valence electrons. The first-order valence-corrected chi connectivity index (χ1v) is 14.8. The smallest absolute Gasteiger partial charge is 0.336 e. The first-order chi connectivity index (χ1) is 23.7. The van der Waals surface area contributed by atoms with Crippen LogP contribution in [0.2, 0.25) is 0 Å². The Labute approximate surface area is 281 Å². The monoisotopic (exact) mass is 696 g/mol. The Bertz CT molecular complexity index is 1910. The van der Waals surface area contributed by atoms with Crippen molar-refractivity contribution in [2.75, 3.05) is 43.5 Å². The summed E-state index contributed by atoms with van der Waals surface area (Å²) in [5.41, 5.74) is -4.22. The number of phenolic OH excluding ortho intramolecular Hbond substituents is 2. The number of hydrogen-bond donors (Lipinski definition) is 11. The second-order valence-corrected chi connectivity index (χ2v) is 10.8. The summed E-state index contributed by atoms with van der Waals surface area (Å²) in [7, 11) is 0. The van der Waals surface area contributed by atoms with Crippen molar-refractivity contribution in [3.8, 4) is 11.5 Å². The molecule has 3 aromatic carbocycles. The molecular weight excluding hydrogens is 664 g/mol. The topological polar surface area (TPSA) is 304 Å². The quantitative estimate of drug-likeness (QED) is 0.0591. The summed E-state index contributed by atoms with van der Waals surface area (Å²) < 4.78 is 0. The minimum Gasteiger partial charge on any atom is -0.507 e. The number of hydrogen-bond acceptors (Lipinski definition) is 14. The van der Waals surface area contributed by atoms with Crippen molar-refractivity contribution in [2.45, 2.75) is 19.4 Å². The van der Waals surface area contributed by atoms with Gasteiger partial charge in [-0.15, -0.1) is 0 Å². The number of nitrogens with one attached hydrogen (secondary N) is 3. The zero-order chi connectivity index (χ0) is 37.0. The van der Waals surface area contributed by atoms with E-state index in [9.17, 15) is 64.5 Å². The number of rotatable bonds is 14. The first-order valence-electron chi connectivity index (χ1n) is 14.8.